The van der Waals surface area contributed by atoms with Crippen LogP contribution in [-0.2, 0) is 10.0 Å². The molecule has 0 bridgehead atoms. The number of halogens is 1. The van der Waals surface area contributed by atoms with Gasteiger partial charge in [0.1, 0.15) is 5.82 Å². The Kier molecular flexibility index (Phi) is 3.44. The predicted octanol–water partition coefficient (Wildman–Crippen LogP) is 2.52. The van der Waals surface area contributed by atoms with Crippen molar-refractivity contribution in [3.05, 3.63) is 53.8 Å². The lowest BCUT2D eigenvalue weighted by Crippen LogP contribution is -2.15. The Morgan fingerprint density at radius 3 is 2.32 bits per heavy atom. The molecule has 100 valence electrons. The number of sulfonamides is 1. The minimum Gasteiger partial charge on any atom is -0.397 e. The summed E-state index contributed by atoms with van der Waals surface area (Å²) in [4.78, 5) is -0.0171. The minimum atomic E-state index is -3.77. The van der Waals surface area contributed by atoms with E-state index in [0.29, 0.717) is 16.9 Å². The molecule has 0 saturated carbocycles. The molecule has 4 nitrogen and oxygen atoms in total. The molecule has 0 aromatic heterocycles. The minimum absolute atomic E-state index is 0.0171. The van der Waals surface area contributed by atoms with Crippen molar-refractivity contribution in [1.29, 1.82) is 0 Å². The van der Waals surface area contributed by atoms with Gasteiger partial charge < -0.3 is 5.73 Å². The van der Waals surface area contributed by atoms with E-state index in [1.807, 2.05) is 0 Å². The van der Waals surface area contributed by atoms with Crippen LogP contribution in [0.1, 0.15) is 5.56 Å². The Morgan fingerprint density at radius 1 is 1.11 bits per heavy atom. The average Bonchev–Trinajstić information content (AvgIpc) is 2.35. The summed E-state index contributed by atoms with van der Waals surface area (Å²) in [6, 6.07) is 9.68. The van der Waals surface area contributed by atoms with Gasteiger partial charge in [-0.25, -0.2) is 12.8 Å². The lowest BCUT2D eigenvalue weighted by molar-refractivity contribution is 0.599. The third-order valence-electron chi connectivity index (χ3n) is 2.67. The van der Waals surface area contributed by atoms with Gasteiger partial charge >= 0.3 is 0 Å². The van der Waals surface area contributed by atoms with Crippen molar-refractivity contribution in [3.63, 3.8) is 0 Å². The van der Waals surface area contributed by atoms with Crippen LogP contribution >= 0.6 is 0 Å². The molecule has 19 heavy (non-hydrogen) atoms. The molecule has 0 amide bonds. The summed E-state index contributed by atoms with van der Waals surface area (Å²) in [5.41, 5.74) is 7.14. The number of aryl methyl sites for hydroxylation is 1. The second-order valence-corrected chi connectivity index (χ2v) is 5.78. The summed E-state index contributed by atoms with van der Waals surface area (Å²) in [5, 5.41) is 0. The van der Waals surface area contributed by atoms with Crippen molar-refractivity contribution in [3.8, 4) is 0 Å². The van der Waals surface area contributed by atoms with Gasteiger partial charge in [-0.1, -0.05) is 12.1 Å². The molecule has 0 heterocycles. The summed E-state index contributed by atoms with van der Waals surface area (Å²) in [5.74, 6) is -0.491. The molecule has 0 fully saturated rings. The van der Waals surface area contributed by atoms with Crippen LogP contribution in [0, 0.1) is 12.7 Å². The van der Waals surface area contributed by atoms with Crippen molar-refractivity contribution in [2.45, 2.75) is 11.8 Å². The zero-order chi connectivity index (χ0) is 14.0. The summed E-state index contributed by atoms with van der Waals surface area (Å²) in [7, 11) is -3.77. The third kappa shape index (κ3) is 2.85. The monoisotopic (exact) mass is 280 g/mol. The molecule has 2 rings (SSSR count). The van der Waals surface area contributed by atoms with Crippen LogP contribution in [0.5, 0.6) is 0 Å². The molecule has 0 spiro atoms. The number of nitrogen functional groups attached to an aromatic ring is 1. The number of rotatable bonds is 3. The fraction of sp³-hybridized carbons (Fsp3) is 0.0769. The van der Waals surface area contributed by atoms with Crippen molar-refractivity contribution in [2.75, 3.05) is 10.5 Å². The topological polar surface area (TPSA) is 72.2 Å². The van der Waals surface area contributed by atoms with Gasteiger partial charge in [0.2, 0.25) is 0 Å². The van der Waals surface area contributed by atoms with Gasteiger partial charge in [0.25, 0.3) is 10.0 Å². The second kappa shape index (κ2) is 4.89. The van der Waals surface area contributed by atoms with E-state index in [-0.39, 0.29) is 4.90 Å². The maximum Gasteiger partial charge on any atom is 0.261 e. The Hall–Kier alpha value is -2.08. The Balaban J connectivity index is 2.39. The molecule has 2 aromatic rings. The van der Waals surface area contributed by atoms with E-state index in [4.69, 9.17) is 5.73 Å². The first-order valence-corrected chi connectivity index (χ1v) is 7.02. The molecule has 0 atom stereocenters. The van der Waals surface area contributed by atoms with Gasteiger partial charge in [-0.15, -0.1) is 0 Å². The van der Waals surface area contributed by atoms with E-state index in [9.17, 15) is 12.8 Å². The first kappa shape index (κ1) is 13.4. The molecule has 2 aromatic carbocycles. The van der Waals surface area contributed by atoms with Crippen LogP contribution in [0.25, 0.3) is 0 Å². The van der Waals surface area contributed by atoms with Crippen molar-refractivity contribution in [1.82, 2.24) is 0 Å². The molecule has 0 radical (unpaired) electrons. The van der Waals surface area contributed by atoms with E-state index in [1.54, 1.807) is 25.1 Å². The number of nitrogens with one attached hydrogen (secondary N) is 1. The lowest BCUT2D eigenvalue weighted by atomic mass is 10.2. The molecule has 0 aliphatic rings. The number of anilines is 2. The van der Waals surface area contributed by atoms with Crippen LogP contribution in [-0.4, -0.2) is 8.42 Å². The van der Waals surface area contributed by atoms with Gasteiger partial charge in [-0.3, -0.25) is 4.72 Å². The number of nitrogens with two attached hydrogens (primary N) is 1. The summed E-state index contributed by atoms with van der Waals surface area (Å²) in [6.45, 7) is 1.75. The van der Waals surface area contributed by atoms with Crippen molar-refractivity contribution in [2.24, 2.45) is 0 Å². The average molecular weight is 280 g/mol. The molecule has 0 aliphatic heterocycles. The van der Waals surface area contributed by atoms with Crippen LogP contribution in [0.3, 0.4) is 0 Å². The Labute approximate surface area is 111 Å². The third-order valence-corrected chi connectivity index (χ3v) is 4.03. The lowest BCUT2D eigenvalue weighted by Gasteiger charge is -2.12. The molecular weight excluding hydrogens is 267 g/mol. The fourth-order valence-electron chi connectivity index (χ4n) is 1.64. The molecule has 3 N–H and O–H groups in total. The molecule has 0 aliphatic carbocycles. The Bertz CT molecular complexity index is 677. The van der Waals surface area contributed by atoms with Gasteiger partial charge in [-0.2, -0.15) is 0 Å². The number of hydrogen-bond donors (Lipinski definition) is 2. The molecular formula is C13H13FN2O2S. The fourth-order valence-corrected chi connectivity index (χ4v) is 2.80. The number of hydrogen-bond acceptors (Lipinski definition) is 3. The smallest absolute Gasteiger partial charge is 0.261 e. The first-order chi connectivity index (χ1) is 8.90. The van der Waals surface area contributed by atoms with Gasteiger partial charge in [0.15, 0.2) is 0 Å². The normalized spacial score (nSPS) is 11.3. The summed E-state index contributed by atoms with van der Waals surface area (Å²) < 4.78 is 39.5. The van der Waals surface area contributed by atoms with E-state index >= 15 is 0 Å². The van der Waals surface area contributed by atoms with Crippen LogP contribution in [0.4, 0.5) is 15.8 Å². The van der Waals surface area contributed by atoms with E-state index in [0.717, 1.165) is 12.1 Å². The van der Waals surface area contributed by atoms with Gasteiger partial charge in [0.05, 0.1) is 16.3 Å². The van der Waals surface area contributed by atoms with Crippen molar-refractivity contribution < 1.29 is 12.8 Å². The highest BCUT2D eigenvalue weighted by Crippen LogP contribution is 2.25. The van der Waals surface area contributed by atoms with E-state index < -0.39 is 15.8 Å². The molecule has 6 heteroatoms. The predicted molar refractivity (Wildman–Crippen MR) is 72.8 cm³/mol. The van der Waals surface area contributed by atoms with Crippen LogP contribution < -0.4 is 10.5 Å². The first-order valence-electron chi connectivity index (χ1n) is 5.53. The van der Waals surface area contributed by atoms with Gasteiger partial charge in [0, 0.05) is 0 Å². The van der Waals surface area contributed by atoms with Crippen LogP contribution in [0.15, 0.2) is 47.4 Å². The van der Waals surface area contributed by atoms with E-state index in [2.05, 4.69) is 4.72 Å². The highest BCUT2D eigenvalue weighted by Gasteiger charge is 2.16. The van der Waals surface area contributed by atoms with Crippen LogP contribution in [0.2, 0.25) is 0 Å². The number of para-hydroxylation sites is 1. The summed E-state index contributed by atoms with van der Waals surface area (Å²) >= 11 is 0. The maximum atomic E-state index is 12.8. The highest BCUT2D eigenvalue weighted by molar-refractivity contribution is 7.92. The zero-order valence-electron chi connectivity index (χ0n) is 10.2. The quantitative estimate of drug-likeness (QED) is 0.848. The summed E-state index contributed by atoms with van der Waals surface area (Å²) in [6.07, 6.45) is 0. The second-order valence-electron chi connectivity index (χ2n) is 4.10. The SMILES string of the molecule is Cc1cccc(N)c1NS(=O)(=O)c1ccc(F)cc1. The molecule has 0 unspecified atom stereocenters. The maximum absolute atomic E-state index is 12.8. The standard InChI is InChI=1S/C13H13FN2O2S/c1-9-3-2-4-12(15)13(9)16-19(17,18)11-7-5-10(14)6-8-11/h2-8,16H,15H2,1H3. The van der Waals surface area contributed by atoms with Crippen molar-refractivity contribution >= 4 is 21.4 Å². The highest BCUT2D eigenvalue weighted by atomic mass is 32.2. The zero-order valence-corrected chi connectivity index (χ0v) is 11.0. The Morgan fingerprint density at radius 2 is 1.74 bits per heavy atom. The van der Waals surface area contributed by atoms with Gasteiger partial charge in [-0.05, 0) is 42.8 Å². The molecule has 0 saturated heterocycles. The number of benzene rings is 2. The largest absolute Gasteiger partial charge is 0.397 e. The van der Waals surface area contributed by atoms with E-state index in [1.165, 1.54) is 12.1 Å².